The summed E-state index contributed by atoms with van der Waals surface area (Å²) >= 11 is 3.42. The van der Waals surface area contributed by atoms with Crippen LogP contribution in [0.15, 0.2) is 24.3 Å². The van der Waals surface area contributed by atoms with Crippen LogP contribution in [0.1, 0.15) is 10.4 Å². The molecular formula is C13H16BrNO3. The second-order valence-electron chi connectivity index (χ2n) is 4.08. The van der Waals surface area contributed by atoms with Crippen LogP contribution >= 0.6 is 15.9 Å². The van der Waals surface area contributed by atoms with Gasteiger partial charge in [-0.2, -0.15) is 0 Å². The molecule has 1 aromatic carbocycles. The first-order chi connectivity index (χ1) is 8.77. The van der Waals surface area contributed by atoms with Crippen molar-refractivity contribution in [1.82, 2.24) is 4.90 Å². The Morgan fingerprint density at radius 1 is 1.56 bits per heavy atom. The first-order valence-electron chi connectivity index (χ1n) is 5.85. The standard InChI is InChI=1S/C13H16BrNO3/c1-17-12-5-3-2-4-11(12)13(16)15-6-7-18-9-10(15)8-14/h2-5,10H,6-9H2,1H3. The molecule has 98 valence electrons. The average Bonchev–Trinajstić information content (AvgIpc) is 2.46. The van der Waals surface area contributed by atoms with E-state index < -0.39 is 0 Å². The van der Waals surface area contributed by atoms with Crippen LogP contribution in [0.2, 0.25) is 0 Å². The number of hydrogen-bond acceptors (Lipinski definition) is 3. The van der Waals surface area contributed by atoms with Gasteiger partial charge >= 0.3 is 0 Å². The molecule has 0 saturated carbocycles. The zero-order valence-corrected chi connectivity index (χ0v) is 11.9. The van der Waals surface area contributed by atoms with E-state index in [2.05, 4.69) is 15.9 Å². The number of carbonyl (C=O) groups excluding carboxylic acids is 1. The fourth-order valence-corrected chi connectivity index (χ4v) is 2.56. The van der Waals surface area contributed by atoms with E-state index in [-0.39, 0.29) is 11.9 Å². The SMILES string of the molecule is COc1ccccc1C(=O)N1CCOCC1CBr. The summed E-state index contributed by atoms with van der Waals surface area (Å²) in [5.41, 5.74) is 0.604. The average molecular weight is 314 g/mol. The van der Waals surface area contributed by atoms with Crippen molar-refractivity contribution in [2.24, 2.45) is 0 Å². The molecule has 18 heavy (non-hydrogen) atoms. The summed E-state index contributed by atoms with van der Waals surface area (Å²) in [6, 6.07) is 7.38. The van der Waals surface area contributed by atoms with Crippen LogP contribution in [0.5, 0.6) is 5.75 Å². The maximum absolute atomic E-state index is 12.5. The zero-order valence-electron chi connectivity index (χ0n) is 10.3. The van der Waals surface area contributed by atoms with Gasteiger partial charge in [-0.05, 0) is 12.1 Å². The highest BCUT2D eigenvalue weighted by molar-refractivity contribution is 9.09. The molecule has 1 heterocycles. The van der Waals surface area contributed by atoms with Crippen LogP contribution in [0.4, 0.5) is 0 Å². The van der Waals surface area contributed by atoms with Crippen molar-refractivity contribution >= 4 is 21.8 Å². The second-order valence-corrected chi connectivity index (χ2v) is 4.73. The molecule has 0 radical (unpaired) electrons. The summed E-state index contributed by atoms with van der Waals surface area (Å²) in [7, 11) is 1.58. The monoisotopic (exact) mass is 313 g/mol. The minimum atomic E-state index is 0.000185. The number of carbonyl (C=O) groups is 1. The Balaban J connectivity index is 2.24. The normalized spacial score (nSPS) is 19.7. The van der Waals surface area contributed by atoms with E-state index in [0.717, 1.165) is 0 Å². The minimum Gasteiger partial charge on any atom is -0.496 e. The number of para-hydroxylation sites is 1. The lowest BCUT2D eigenvalue weighted by Gasteiger charge is -2.34. The van der Waals surface area contributed by atoms with Crippen LogP contribution in [-0.4, -0.2) is 49.0 Å². The van der Waals surface area contributed by atoms with Gasteiger partial charge in [-0.3, -0.25) is 4.79 Å². The van der Waals surface area contributed by atoms with E-state index in [9.17, 15) is 4.79 Å². The lowest BCUT2D eigenvalue weighted by molar-refractivity contribution is 0.00509. The van der Waals surface area contributed by atoms with E-state index >= 15 is 0 Å². The molecule has 0 aliphatic carbocycles. The van der Waals surface area contributed by atoms with Crippen molar-refractivity contribution in [3.8, 4) is 5.75 Å². The summed E-state index contributed by atoms with van der Waals surface area (Å²) < 4.78 is 10.6. The first-order valence-corrected chi connectivity index (χ1v) is 6.97. The van der Waals surface area contributed by atoms with Crippen molar-refractivity contribution in [3.05, 3.63) is 29.8 Å². The van der Waals surface area contributed by atoms with Gasteiger partial charge in [0.05, 0.1) is 31.9 Å². The van der Waals surface area contributed by atoms with Gasteiger partial charge < -0.3 is 14.4 Å². The highest BCUT2D eigenvalue weighted by Gasteiger charge is 2.28. The van der Waals surface area contributed by atoms with Gasteiger partial charge in [-0.25, -0.2) is 0 Å². The van der Waals surface area contributed by atoms with Gasteiger partial charge in [0.15, 0.2) is 0 Å². The molecule has 1 aliphatic rings. The molecule has 0 bridgehead atoms. The molecule has 1 aliphatic heterocycles. The molecule has 0 spiro atoms. The number of amides is 1. The third-order valence-electron chi connectivity index (χ3n) is 3.00. The Morgan fingerprint density at radius 2 is 2.33 bits per heavy atom. The van der Waals surface area contributed by atoms with E-state index in [1.54, 1.807) is 19.2 Å². The maximum Gasteiger partial charge on any atom is 0.258 e. The number of benzene rings is 1. The number of alkyl halides is 1. The number of morpholine rings is 1. The number of methoxy groups -OCH3 is 1. The van der Waals surface area contributed by atoms with Crippen molar-refractivity contribution in [3.63, 3.8) is 0 Å². The van der Waals surface area contributed by atoms with E-state index in [1.165, 1.54) is 0 Å². The number of nitrogens with zero attached hydrogens (tertiary/aromatic N) is 1. The summed E-state index contributed by atoms with van der Waals surface area (Å²) in [5.74, 6) is 0.613. The van der Waals surface area contributed by atoms with Crippen molar-refractivity contribution in [2.45, 2.75) is 6.04 Å². The van der Waals surface area contributed by atoms with Crippen LogP contribution in [0, 0.1) is 0 Å². The lowest BCUT2D eigenvalue weighted by atomic mass is 10.1. The van der Waals surface area contributed by atoms with Crippen molar-refractivity contribution in [2.75, 3.05) is 32.2 Å². The molecule has 1 amide bonds. The van der Waals surface area contributed by atoms with Gasteiger partial charge in [0.2, 0.25) is 0 Å². The Bertz CT molecular complexity index is 424. The fraction of sp³-hybridized carbons (Fsp3) is 0.462. The summed E-state index contributed by atoms with van der Waals surface area (Å²) in [6.07, 6.45) is 0. The van der Waals surface area contributed by atoms with Gasteiger partial charge in [0, 0.05) is 11.9 Å². The minimum absolute atomic E-state index is 0.000185. The van der Waals surface area contributed by atoms with Gasteiger partial charge in [0.1, 0.15) is 5.75 Å². The van der Waals surface area contributed by atoms with Crippen molar-refractivity contribution < 1.29 is 14.3 Å². The molecule has 0 aromatic heterocycles. The molecule has 1 atom stereocenters. The number of halogens is 1. The lowest BCUT2D eigenvalue weighted by Crippen LogP contribution is -2.49. The highest BCUT2D eigenvalue weighted by Crippen LogP contribution is 2.21. The van der Waals surface area contributed by atoms with Gasteiger partial charge in [-0.15, -0.1) is 0 Å². The Morgan fingerprint density at radius 3 is 3.06 bits per heavy atom. The quantitative estimate of drug-likeness (QED) is 0.800. The molecule has 1 unspecified atom stereocenters. The number of rotatable bonds is 3. The highest BCUT2D eigenvalue weighted by atomic mass is 79.9. The predicted octanol–water partition coefficient (Wildman–Crippen LogP) is 1.93. The van der Waals surface area contributed by atoms with Crippen molar-refractivity contribution in [1.29, 1.82) is 0 Å². The van der Waals surface area contributed by atoms with Crippen LogP contribution in [0.3, 0.4) is 0 Å². The summed E-state index contributed by atoms with van der Waals surface area (Å²) in [6.45, 7) is 1.78. The fourth-order valence-electron chi connectivity index (χ4n) is 2.03. The van der Waals surface area contributed by atoms with Crippen LogP contribution in [0.25, 0.3) is 0 Å². The maximum atomic E-state index is 12.5. The molecule has 0 N–H and O–H groups in total. The Labute approximate surface area is 115 Å². The topological polar surface area (TPSA) is 38.8 Å². The van der Waals surface area contributed by atoms with E-state index in [4.69, 9.17) is 9.47 Å². The molecule has 2 rings (SSSR count). The third-order valence-corrected chi connectivity index (χ3v) is 3.75. The molecule has 1 aromatic rings. The zero-order chi connectivity index (χ0) is 13.0. The Kier molecular flexibility index (Phi) is 4.60. The largest absolute Gasteiger partial charge is 0.496 e. The van der Waals surface area contributed by atoms with Crippen LogP contribution < -0.4 is 4.74 Å². The molecule has 4 nitrogen and oxygen atoms in total. The molecule has 5 heteroatoms. The first kappa shape index (κ1) is 13.4. The van der Waals surface area contributed by atoms with E-state index in [1.807, 2.05) is 17.0 Å². The van der Waals surface area contributed by atoms with E-state index in [0.29, 0.717) is 36.4 Å². The van der Waals surface area contributed by atoms with Gasteiger partial charge in [-0.1, -0.05) is 28.1 Å². The molecule has 1 saturated heterocycles. The number of ether oxygens (including phenoxy) is 2. The summed E-state index contributed by atoms with van der Waals surface area (Å²) in [4.78, 5) is 14.4. The van der Waals surface area contributed by atoms with Crippen LogP contribution in [-0.2, 0) is 4.74 Å². The van der Waals surface area contributed by atoms with Gasteiger partial charge in [0.25, 0.3) is 5.91 Å². The predicted molar refractivity (Wildman–Crippen MR) is 72.4 cm³/mol. The second kappa shape index (κ2) is 6.20. The summed E-state index contributed by atoms with van der Waals surface area (Å²) in [5, 5.41) is 0.716. The third kappa shape index (κ3) is 2.67. The Hall–Kier alpha value is -1.07. The number of hydrogen-bond donors (Lipinski definition) is 0. The smallest absolute Gasteiger partial charge is 0.258 e. The molecule has 1 fully saturated rings. The molecular weight excluding hydrogens is 298 g/mol.